The molecule has 0 aliphatic carbocycles. The van der Waals surface area contributed by atoms with Crippen molar-refractivity contribution in [1.82, 2.24) is 19.7 Å². The Kier molecular flexibility index (Phi) is 6.92. The van der Waals surface area contributed by atoms with Gasteiger partial charge >= 0.3 is 0 Å². The molecule has 2 aromatic carbocycles. The van der Waals surface area contributed by atoms with Crippen LogP contribution in [0.15, 0.2) is 75.8 Å². The molecule has 7 nitrogen and oxygen atoms in total. The maximum atomic E-state index is 12.7. The first-order valence-electron chi connectivity index (χ1n) is 10.4. The van der Waals surface area contributed by atoms with E-state index in [0.717, 1.165) is 16.8 Å². The summed E-state index contributed by atoms with van der Waals surface area (Å²) >= 11 is 14.8. The predicted octanol–water partition coefficient (Wildman–Crippen LogP) is 7.00. The Morgan fingerprint density at radius 2 is 1.97 bits per heavy atom. The molecule has 3 heterocycles. The minimum atomic E-state index is -0.212. The van der Waals surface area contributed by atoms with E-state index in [2.05, 4.69) is 20.5 Å². The molecule has 1 amide bonds. The number of carbonyl (C=O) groups excluding carboxylic acids is 1. The smallest absolute Gasteiger partial charge is 0.236 e. The number of anilines is 1. The summed E-state index contributed by atoms with van der Waals surface area (Å²) in [7, 11) is 0. The number of nitrogens with one attached hydrogen (secondary N) is 1. The van der Waals surface area contributed by atoms with Gasteiger partial charge in [-0.25, -0.2) is 4.98 Å². The number of furan rings is 1. The molecule has 0 bridgehead atoms. The number of hydrogen-bond donors (Lipinski definition) is 1. The van der Waals surface area contributed by atoms with E-state index < -0.39 is 0 Å². The fourth-order valence-corrected chi connectivity index (χ4v) is 5.28. The van der Waals surface area contributed by atoms with Crippen molar-refractivity contribution in [2.75, 3.05) is 11.1 Å². The van der Waals surface area contributed by atoms with Crippen LogP contribution in [0, 0.1) is 6.92 Å². The van der Waals surface area contributed by atoms with Crippen LogP contribution in [-0.2, 0) is 4.79 Å². The highest BCUT2D eigenvalue weighted by molar-refractivity contribution is 7.99. The summed E-state index contributed by atoms with van der Waals surface area (Å²) in [5, 5.41) is 15.4. The van der Waals surface area contributed by atoms with E-state index in [4.69, 9.17) is 27.6 Å². The molecule has 0 aliphatic rings. The number of aromatic nitrogens is 4. The van der Waals surface area contributed by atoms with Crippen molar-refractivity contribution >= 4 is 57.3 Å². The Bertz CT molecular complexity index is 1480. The molecule has 1 N–H and O–H groups in total. The number of rotatable bonds is 7. The summed E-state index contributed by atoms with van der Waals surface area (Å²) in [6.07, 6.45) is 1.59. The zero-order valence-corrected chi connectivity index (χ0v) is 21.4. The van der Waals surface area contributed by atoms with Crippen molar-refractivity contribution in [1.29, 1.82) is 0 Å². The molecule has 0 spiro atoms. The van der Waals surface area contributed by atoms with Gasteiger partial charge in [-0.05, 0) is 49.4 Å². The maximum Gasteiger partial charge on any atom is 0.236 e. The minimum Gasteiger partial charge on any atom is -0.461 e. The fraction of sp³-hybridized carbons (Fsp3) is 0.0833. The number of nitrogens with zero attached hydrogens (tertiary/aromatic N) is 4. The van der Waals surface area contributed by atoms with Crippen LogP contribution in [0.3, 0.4) is 0 Å². The molecule has 0 radical (unpaired) electrons. The van der Waals surface area contributed by atoms with Crippen LogP contribution in [0.5, 0.6) is 0 Å². The van der Waals surface area contributed by atoms with E-state index in [9.17, 15) is 4.79 Å². The lowest BCUT2D eigenvalue weighted by atomic mass is 10.2. The third-order valence-electron chi connectivity index (χ3n) is 4.96. The second-order valence-electron chi connectivity index (χ2n) is 7.45. The van der Waals surface area contributed by atoms with E-state index in [1.54, 1.807) is 30.5 Å². The van der Waals surface area contributed by atoms with Gasteiger partial charge in [-0.2, -0.15) is 0 Å². The lowest BCUT2D eigenvalue weighted by molar-refractivity contribution is -0.113. The first kappa shape index (κ1) is 23.6. The summed E-state index contributed by atoms with van der Waals surface area (Å²) in [5.74, 6) is 1.06. The standard InChI is InChI=1S/C24H17Cl2N5O2S2/c1-14-4-7-16(8-5-14)31-22(20-3-2-10-33-20)29-30-24(31)35-13-21(32)28-23-27-19(12-34-23)17-9-6-15(25)11-18(17)26/h2-12H,13H2,1H3,(H,27,28,32). The molecule has 5 aromatic rings. The van der Waals surface area contributed by atoms with Gasteiger partial charge in [-0.1, -0.05) is 52.7 Å². The highest BCUT2D eigenvalue weighted by Gasteiger charge is 2.19. The van der Waals surface area contributed by atoms with Crippen LogP contribution in [0.4, 0.5) is 5.13 Å². The zero-order chi connectivity index (χ0) is 24.4. The molecule has 0 saturated carbocycles. The summed E-state index contributed by atoms with van der Waals surface area (Å²) in [4.78, 5) is 17.2. The first-order chi connectivity index (χ1) is 17.0. The number of aryl methyl sites for hydroxylation is 1. The second kappa shape index (κ2) is 10.2. The zero-order valence-electron chi connectivity index (χ0n) is 18.2. The lowest BCUT2D eigenvalue weighted by Crippen LogP contribution is -2.14. The average Bonchev–Trinajstić information content (AvgIpc) is 3.59. The molecular formula is C24H17Cl2N5O2S2. The number of thiazole rings is 1. The van der Waals surface area contributed by atoms with E-state index >= 15 is 0 Å². The molecule has 176 valence electrons. The number of thioether (sulfide) groups is 1. The van der Waals surface area contributed by atoms with Crippen molar-refractivity contribution < 1.29 is 9.21 Å². The van der Waals surface area contributed by atoms with Crippen molar-refractivity contribution in [3.05, 3.63) is 81.8 Å². The number of halogens is 2. The molecule has 0 atom stereocenters. The van der Waals surface area contributed by atoms with Crippen molar-refractivity contribution in [2.45, 2.75) is 12.1 Å². The van der Waals surface area contributed by atoms with Crippen molar-refractivity contribution in [3.8, 4) is 28.5 Å². The summed E-state index contributed by atoms with van der Waals surface area (Å²) in [6, 6.07) is 16.8. The number of hydrogen-bond acceptors (Lipinski definition) is 7. The third-order valence-corrected chi connectivity index (χ3v) is 7.19. The third kappa shape index (κ3) is 5.28. The van der Waals surface area contributed by atoms with Gasteiger partial charge in [0.2, 0.25) is 11.7 Å². The highest BCUT2D eigenvalue weighted by atomic mass is 35.5. The number of amides is 1. The first-order valence-corrected chi connectivity index (χ1v) is 13.0. The SMILES string of the molecule is Cc1ccc(-n2c(SCC(=O)Nc3nc(-c4ccc(Cl)cc4Cl)cs3)nnc2-c2ccco2)cc1. The highest BCUT2D eigenvalue weighted by Crippen LogP contribution is 2.33. The van der Waals surface area contributed by atoms with Crippen LogP contribution in [0.25, 0.3) is 28.5 Å². The molecule has 0 unspecified atom stereocenters. The summed E-state index contributed by atoms with van der Waals surface area (Å²) in [6.45, 7) is 2.02. The van der Waals surface area contributed by atoms with Crippen molar-refractivity contribution in [2.24, 2.45) is 0 Å². The summed E-state index contributed by atoms with van der Waals surface area (Å²) < 4.78 is 7.42. The monoisotopic (exact) mass is 541 g/mol. The van der Waals surface area contributed by atoms with Crippen LogP contribution in [0.2, 0.25) is 10.0 Å². The topological polar surface area (TPSA) is 85.8 Å². The van der Waals surface area contributed by atoms with Gasteiger partial charge in [0, 0.05) is 21.7 Å². The number of carbonyl (C=O) groups is 1. The Morgan fingerprint density at radius 1 is 1.14 bits per heavy atom. The molecule has 0 fully saturated rings. The quantitative estimate of drug-likeness (QED) is 0.223. The van der Waals surface area contributed by atoms with E-state index in [-0.39, 0.29) is 11.7 Å². The molecule has 35 heavy (non-hydrogen) atoms. The van der Waals surface area contributed by atoms with Gasteiger partial charge in [0.05, 0.1) is 22.7 Å². The minimum absolute atomic E-state index is 0.124. The van der Waals surface area contributed by atoms with E-state index in [1.165, 1.54) is 23.1 Å². The van der Waals surface area contributed by atoms with Gasteiger partial charge in [0.1, 0.15) is 0 Å². The van der Waals surface area contributed by atoms with Crippen LogP contribution in [0.1, 0.15) is 5.56 Å². The van der Waals surface area contributed by atoms with Crippen molar-refractivity contribution in [3.63, 3.8) is 0 Å². The van der Waals surface area contributed by atoms with Gasteiger partial charge in [0.15, 0.2) is 16.0 Å². The Balaban J connectivity index is 1.31. The van der Waals surface area contributed by atoms with Gasteiger partial charge < -0.3 is 9.73 Å². The predicted molar refractivity (Wildman–Crippen MR) is 141 cm³/mol. The largest absolute Gasteiger partial charge is 0.461 e. The van der Waals surface area contributed by atoms with E-state index in [0.29, 0.717) is 37.6 Å². The number of benzene rings is 2. The molecule has 3 aromatic heterocycles. The van der Waals surface area contributed by atoms with Gasteiger partial charge in [-0.15, -0.1) is 21.5 Å². The summed E-state index contributed by atoms with van der Waals surface area (Å²) in [5.41, 5.74) is 3.43. The molecule has 5 rings (SSSR count). The molecule has 11 heteroatoms. The molecular weight excluding hydrogens is 525 g/mol. The Hall–Kier alpha value is -3.11. The van der Waals surface area contributed by atoms with Crippen LogP contribution in [-0.4, -0.2) is 31.4 Å². The average molecular weight is 542 g/mol. The second-order valence-corrected chi connectivity index (χ2v) is 10.1. The maximum absolute atomic E-state index is 12.7. The van der Waals surface area contributed by atoms with Crippen LogP contribution >= 0.6 is 46.3 Å². The van der Waals surface area contributed by atoms with E-state index in [1.807, 2.05) is 47.2 Å². The molecule has 0 aliphatic heterocycles. The molecule has 0 saturated heterocycles. The van der Waals surface area contributed by atoms with Crippen LogP contribution < -0.4 is 5.32 Å². The lowest BCUT2D eigenvalue weighted by Gasteiger charge is -2.09. The Morgan fingerprint density at radius 3 is 2.71 bits per heavy atom. The van der Waals surface area contributed by atoms with Gasteiger partial charge in [0.25, 0.3) is 0 Å². The fourth-order valence-electron chi connectivity index (χ4n) is 3.29. The Labute approximate surface area is 219 Å². The normalized spacial score (nSPS) is 11.1. The van der Waals surface area contributed by atoms with Gasteiger partial charge in [-0.3, -0.25) is 9.36 Å².